The zero-order valence-electron chi connectivity index (χ0n) is 31.0. The van der Waals surface area contributed by atoms with Gasteiger partial charge in [0, 0.05) is 35.9 Å². The van der Waals surface area contributed by atoms with E-state index in [4.69, 9.17) is 4.74 Å². The number of cyclic esters (lactones) is 1. The van der Waals surface area contributed by atoms with Gasteiger partial charge in [0.15, 0.2) is 17.1 Å². The Kier molecular flexibility index (Phi) is 12.0. The van der Waals surface area contributed by atoms with Gasteiger partial charge in [-0.05, 0) is 102 Å². The van der Waals surface area contributed by atoms with Crippen molar-refractivity contribution >= 4 is 17.7 Å². The Balaban J connectivity index is 1.24. The molecule has 1 amide bonds. The zero-order valence-corrected chi connectivity index (χ0v) is 31.0. The number of fused-ring (bicyclic) bond motifs is 5. The van der Waals surface area contributed by atoms with Crippen LogP contribution >= 0.6 is 0 Å². The standard InChI is InChI=1S/C39H61FN2O9/c1-23-9-6-10-27(43)11-7-17-42(25(3)33(47)31(45)22-51-34(23)48)18-8-16-41-35(49)39(50)24(2)19-30-29-13-12-26-20-28(44)14-15-36(26,4)38(29,40)32(46)21-37(30,39)5/h14-15,20,23-25,27,29-33,43,45-47,50H,6-13,16-19,21-22H2,1-5H3,(H,41,49)/t23-,24-,25-,27+,29?,30?,31-,32+,33-,36+,37+,38+,39+/m1/s1. The molecule has 4 fully saturated rings. The van der Waals surface area contributed by atoms with Crippen molar-refractivity contribution in [3.05, 3.63) is 23.8 Å². The lowest BCUT2D eigenvalue weighted by Gasteiger charge is -2.62. The van der Waals surface area contributed by atoms with Crippen LogP contribution in [0.15, 0.2) is 23.8 Å². The number of hydrogen-bond donors (Lipinski definition) is 6. The summed E-state index contributed by atoms with van der Waals surface area (Å²) >= 11 is 0. The molecule has 0 bridgehead atoms. The summed E-state index contributed by atoms with van der Waals surface area (Å²) in [7, 11) is 0. The second-order valence-electron chi connectivity index (χ2n) is 16.9. The summed E-state index contributed by atoms with van der Waals surface area (Å²) in [5, 5.41) is 59.0. The number of aliphatic hydroxyl groups is 5. The number of carbonyl (C=O) groups is 3. The number of amides is 1. The van der Waals surface area contributed by atoms with Gasteiger partial charge in [-0.15, -0.1) is 0 Å². The molecular formula is C39H61FN2O9. The summed E-state index contributed by atoms with van der Waals surface area (Å²) in [6.45, 7) is 9.73. The lowest BCUT2D eigenvalue weighted by Crippen LogP contribution is -2.70. The fourth-order valence-electron chi connectivity index (χ4n) is 10.6. The van der Waals surface area contributed by atoms with Crippen LogP contribution in [-0.4, -0.2) is 116 Å². The molecule has 5 aliphatic rings. The average molecular weight is 721 g/mol. The summed E-state index contributed by atoms with van der Waals surface area (Å²) in [4.78, 5) is 40.5. The minimum absolute atomic E-state index is 0.102. The molecule has 1 aliphatic heterocycles. The third kappa shape index (κ3) is 6.98. The number of ether oxygens (including phenoxy) is 1. The first-order chi connectivity index (χ1) is 23.9. The molecule has 51 heavy (non-hydrogen) atoms. The number of esters is 1. The van der Waals surface area contributed by atoms with E-state index in [1.807, 2.05) is 11.8 Å². The van der Waals surface area contributed by atoms with Crippen molar-refractivity contribution in [2.24, 2.45) is 34.5 Å². The van der Waals surface area contributed by atoms with Gasteiger partial charge in [-0.1, -0.05) is 38.8 Å². The maximum atomic E-state index is 17.5. The Morgan fingerprint density at radius 1 is 1.04 bits per heavy atom. The van der Waals surface area contributed by atoms with E-state index in [0.717, 1.165) is 0 Å². The highest BCUT2D eigenvalue weighted by molar-refractivity contribution is 6.01. The Hall–Kier alpha value is -2.22. The summed E-state index contributed by atoms with van der Waals surface area (Å²) in [5.74, 6) is -3.04. The number of allylic oxidation sites excluding steroid dienone is 4. The van der Waals surface area contributed by atoms with Gasteiger partial charge in [0.2, 0.25) is 0 Å². The molecule has 288 valence electrons. The van der Waals surface area contributed by atoms with Crippen LogP contribution in [0.25, 0.3) is 0 Å². The molecule has 3 saturated carbocycles. The van der Waals surface area contributed by atoms with Crippen LogP contribution < -0.4 is 5.32 Å². The van der Waals surface area contributed by atoms with Gasteiger partial charge in [0.1, 0.15) is 12.7 Å². The van der Waals surface area contributed by atoms with E-state index in [-0.39, 0.29) is 37.2 Å². The van der Waals surface area contributed by atoms with Gasteiger partial charge < -0.3 is 35.6 Å². The van der Waals surface area contributed by atoms with E-state index >= 15 is 4.39 Å². The van der Waals surface area contributed by atoms with Crippen molar-refractivity contribution in [3.8, 4) is 0 Å². The lowest BCUT2D eigenvalue weighted by atomic mass is 9.44. The molecule has 13 atom stereocenters. The molecular weight excluding hydrogens is 659 g/mol. The van der Waals surface area contributed by atoms with E-state index in [9.17, 15) is 39.9 Å². The second kappa shape index (κ2) is 15.3. The van der Waals surface area contributed by atoms with Crippen molar-refractivity contribution in [2.45, 2.75) is 141 Å². The summed E-state index contributed by atoms with van der Waals surface area (Å²) in [6.07, 6.45) is 4.64. The highest BCUT2D eigenvalue weighted by Gasteiger charge is 2.75. The average Bonchev–Trinajstić information content (AvgIpc) is 3.28. The third-order valence-corrected chi connectivity index (χ3v) is 13.9. The lowest BCUT2D eigenvalue weighted by molar-refractivity contribution is -0.219. The van der Waals surface area contributed by atoms with Gasteiger partial charge in [-0.25, -0.2) is 4.39 Å². The van der Waals surface area contributed by atoms with Crippen LogP contribution in [0.1, 0.15) is 98.8 Å². The number of nitrogens with one attached hydrogen (secondary N) is 1. The monoisotopic (exact) mass is 720 g/mol. The number of alkyl halides is 1. The molecule has 0 aromatic carbocycles. The van der Waals surface area contributed by atoms with E-state index in [1.54, 1.807) is 33.8 Å². The van der Waals surface area contributed by atoms with E-state index in [0.29, 0.717) is 76.5 Å². The first-order valence-electron chi connectivity index (χ1n) is 19.2. The minimum atomic E-state index is -2.05. The quantitative estimate of drug-likeness (QED) is 0.183. The molecule has 1 saturated heterocycles. The molecule has 6 N–H and O–H groups in total. The number of halogens is 1. The number of hydrogen-bond acceptors (Lipinski definition) is 10. The predicted molar refractivity (Wildman–Crippen MR) is 188 cm³/mol. The van der Waals surface area contributed by atoms with Crippen LogP contribution in [0.3, 0.4) is 0 Å². The van der Waals surface area contributed by atoms with Gasteiger partial charge in [0.05, 0.1) is 24.2 Å². The smallest absolute Gasteiger partial charge is 0.308 e. The van der Waals surface area contributed by atoms with E-state index in [2.05, 4.69) is 5.32 Å². The molecule has 0 spiro atoms. The molecule has 0 radical (unpaired) electrons. The summed E-state index contributed by atoms with van der Waals surface area (Å²) < 4.78 is 22.8. The summed E-state index contributed by atoms with van der Waals surface area (Å²) in [5.41, 5.74) is -5.47. The molecule has 0 aromatic heterocycles. The fourth-order valence-corrected chi connectivity index (χ4v) is 10.6. The van der Waals surface area contributed by atoms with Crippen LogP contribution in [0.4, 0.5) is 4.39 Å². The molecule has 1 heterocycles. The maximum Gasteiger partial charge on any atom is 0.308 e. The largest absolute Gasteiger partial charge is 0.463 e. The Labute approximate surface area is 301 Å². The molecule has 0 aromatic rings. The van der Waals surface area contributed by atoms with Crippen molar-refractivity contribution in [2.75, 3.05) is 26.2 Å². The highest BCUT2D eigenvalue weighted by Crippen LogP contribution is 2.70. The van der Waals surface area contributed by atoms with Crippen LogP contribution in [0.2, 0.25) is 0 Å². The van der Waals surface area contributed by atoms with Gasteiger partial charge in [-0.2, -0.15) is 0 Å². The number of ketones is 1. The molecule has 5 rings (SSSR count). The van der Waals surface area contributed by atoms with Gasteiger partial charge in [0.25, 0.3) is 5.91 Å². The topological polar surface area (TPSA) is 177 Å². The van der Waals surface area contributed by atoms with Crippen LogP contribution in [0.5, 0.6) is 0 Å². The van der Waals surface area contributed by atoms with E-state index < -0.39 is 76.3 Å². The van der Waals surface area contributed by atoms with Gasteiger partial charge >= 0.3 is 5.97 Å². The minimum Gasteiger partial charge on any atom is -0.463 e. The number of carbonyl (C=O) groups excluding carboxylic acids is 3. The summed E-state index contributed by atoms with van der Waals surface area (Å²) in [6, 6.07) is -0.526. The Morgan fingerprint density at radius 3 is 2.47 bits per heavy atom. The number of nitrogens with zero attached hydrogens (tertiary/aromatic N) is 1. The highest BCUT2D eigenvalue weighted by atomic mass is 19.1. The SMILES string of the molecule is C[C@@H]1CCC[C@H](O)CCCN(CCCNC(=O)[C@@]2(O)[C@H](C)CC3C4CCC5=CC(=O)C=C[C@]5(C)[C@@]4(F)[C@@H](O)C[C@@]32C)[C@H](C)[C@@H](O)[C@H](O)COC1=O. The second-order valence-corrected chi connectivity index (χ2v) is 16.9. The molecule has 4 aliphatic carbocycles. The van der Waals surface area contributed by atoms with Crippen molar-refractivity contribution < 1.29 is 49.0 Å². The fraction of sp³-hybridized carbons (Fsp3) is 0.821. The zero-order chi connectivity index (χ0) is 37.5. The van der Waals surface area contributed by atoms with Crippen molar-refractivity contribution in [1.82, 2.24) is 10.2 Å². The number of rotatable bonds is 5. The predicted octanol–water partition coefficient (Wildman–Crippen LogP) is 2.76. The van der Waals surface area contributed by atoms with Crippen LogP contribution in [-0.2, 0) is 19.1 Å². The van der Waals surface area contributed by atoms with Crippen LogP contribution in [0, 0.1) is 34.5 Å². The van der Waals surface area contributed by atoms with Crippen molar-refractivity contribution in [3.63, 3.8) is 0 Å². The van der Waals surface area contributed by atoms with Gasteiger partial charge in [-0.3, -0.25) is 19.3 Å². The molecule has 11 nitrogen and oxygen atoms in total. The van der Waals surface area contributed by atoms with Crippen molar-refractivity contribution in [1.29, 1.82) is 0 Å². The maximum absolute atomic E-state index is 17.5. The molecule has 2 unspecified atom stereocenters. The third-order valence-electron chi connectivity index (χ3n) is 13.9. The Morgan fingerprint density at radius 2 is 1.75 bits per heavy atom. The molecule has 12 heteroatoms. The first-order valence-corrected chi connectivity index (χ1v) is 19.2. The Bertz CT molecular complexity index is 1380. The first kappa shape index (κ1) is 40.0. The van der Waals surface area contributed by atoms with E-state index in [1.165, 1.54) is 12.2 Å². The normalized spacial score (nSPS) is 45.7. The number of aliphatic hydroxyl groups excluding tert-OH is 4.